The Morgan fingerprint density at radius 1 is 1.33 bits per heavy atom. The van der Waals surface area contributed by atoms with E-state index >= 15 is 0 Å². The summed E-state index contributed by atoms with van der Waals surface area (Å²) in [5, 5.41) is 13.9. The normalized spacial score (nSPS) is 11.6. The number of anilines is 1. The highest BCUT2D eigenvalue weighted by atomic mass is 35.5. The van der Waals surface area contributed by atoms with E-state index in [0.717, 1.165) is 6.07 Å². The number of carbonyl (C=O) groups is 3. The molecule has 5 N–H and O–H groups in total. The highest BCUT2D eigenvalue weighted by Crippen LogP contribution is 2.30. The summed E-state index contributed by atoms with van der Waals surface area (Å²) in [7, 11) is 0. The van der Waals surface area contributed by atoms with Gasteiger partial charge in [0.15, 0.2) is 0 Å². The van der Waals surface area contributed by atoms with Crippen molar-refractivity contribution in [1.82, 2.24) is 5.32 Å². The Balaban J connectivity index is 2.90. The van der Waals surface area contributed by atoms with Crippen LogP contribution in [0, 0.1) is 0 Å². The van der Waals surface area contributed by atoms with Crippen molar-refractivity contribution in [3.05, 3.63) is 27.7 Å². The van der Waals surface area contributed by atoms with E-state index in [1.165, 1.54) is 6.07 Å². The molecule has 7 nitrogen and oxygen atoms in total. The second kappa shape index (κ2) is 7.14. The molecule has 0 saturated heterocycles. The molecule has 0 aliphatic heterocycles. The highest BCUT2D eigenvalue weighted by Gasteiger charge is 2.18. The summed E-state index contributed by atoms with van der Waals surface area (Å²) in [6, 6.07) is 1.24. The first-order valence-electron chi connectivity index (χ1n) is 5.79. The molecule has 0 aliphatic rings. The fraction of sp³-hybridized carbons (Fsp3) is 0.250. The van der Waals surface area contributed by atoms with Gasteiger partial charge < -0.3 is 21.5 Å². The molecule has 0 heterocycles. The number of urea groups is 1. The number of hydrogen-bond donors (Lipinski definition) is 4. The van der Waals surface area contributed by atoms with Crippen molar-refractivity contribution in [2.75, 3.05) is 5.32 Å². The number of carbonyl (C=O) groups excluding carboxylic acids is 2. The monoisotopic (exact) mass is 333 g/mol. The number of rotatable bonds is 5. The smallest absolute Gasteiger partial charge is 0.337 e. The van der Waals surface area contributed by atoms with Gasteiger partial charge in [0.25, 0.3) is 0 Å². The first kappa shape index (κ1) is 17.1. The third-order valence-electron chi connectivity index (χ3n) is 2.41. The minimum atomic E-state index is -1.29. The molecule has 1 atom stereocenters. The molecule has 0 saturated carbocycles. The number of primary amides is 1. The molecule has 1 unspecified atom stereocenters. The third-order valence-corrected chi connectivity index (χ3v) is 2.93. The van der Waals surface area contributed by atoms with Gasteiger partial charge in [-0.2, -0.15) is 0 Å². The molecule has 3 amide bonds. The molecule has 0 spiro atoms. The summed E-state index contributed by atoms with van der Waals surface area (Å²) in [5.41, 5.74) is 4.67. The van der Waals surface area contributed by atoms with Crippen molar-refractivity contribution in [2.24, 2.45) is 5.73 Å². The maximum atomic E-state index is 11.8. The Kier molecular flexibility index (Phi) is 5.80. The van der Waals surface area contributed by atoms with E-state index in [2.05, 4.69) is 10.6 Å². The minimum absolute atomic E-state index is 0.0161. The molecule has 114 valence electrons. The van der Waals surface area contributed by atoms with Gasteiger partial charge in [0.05, 0.1) is 16.3 Å². The SMILES string of the molecule is CC(CC(N)=O)NC(=O)Nc1c(Cl)cc(Cl)cc1C(=O)O. The van der Waals surface area contributed by atoms with Crippen LogP contribution >= 0.6 is 23.2 Å². The van der Waals surface area contributed by atoms with Gasteiger partial charge in [0, 0.05) is 17.5 Å². The largest absolute Gasteiger partial charge is 0.478 e. The first-order valence-corrected chi connectivity index (χ1v) is 6.54. The summed E-state index contributed by atoms with van der Waals surface area (Å²) in [6.45, 7) is 1.58. The van der Waals surface area contributed by atoms with E-state index < -0.39 is 23.9 Å². The zero-order valence-electron chi connectivity index (χ0n) is 10.9. The van der Waals surface area contributed by atoms with Crippen LogP contribution in [-0.2, 0) is 4.79 Å². The Labute approximate surface area is 130 Å². The number of nitrogens with two attached hydrogens (primary N) is 1. The van der Waals surface area contributed by atoms with Crippen molar-refractivity contribution in [1.29, 1.82) is 0 Å². The first-order chi connectivity index (χ1) is 9.70. The zero-order valence-corrected chi connectivity index (χ0v) is 12.5. The van der Waals surface area contributed by atoms with Crippen LogP contribution in [0.25, 0.3) is 0 Å². The van der Waals surface area contributed by atoms with Gasteiger partial charge in [0.1, 0.15) is 0 Å². The van der Waals surface area contributed by atoms with Crippen LogP contribution in [0.3, 0.4) is 0 Å². The number of carboxylic acids is 1. The van der Waals surface area contributed by atoms with Crippen molar-refractivity contribution in [3.8, 4) is 0 Å². The molecule has 1 aromatic carbocycles. The van der Waals surface area contributed by atoms with Crippen LogP contribution in [0.1, 0.15) is 23.7 Å². The predicted octanol–water partition coefficient (Wildman–Crippen LogP) is 2.08. The molecule has 0 aliphatic carbocycles. The lowest BCUT2D eigenvalue weighted by molar-refractivity contribution is -0.118. The second-order valence-electron chi connectivity index (χ2n) is 4.29. The van der Waals surface area contributed by atoms with Crippen molar-refractivity contribution in [2.45, 2.75) is 19.4 Å². The number of halogens is 2. The lowest BCUT2D eigenvalue weighted by atomic mass is 10.1. The Morgan fingerprint density at radius 2 is 1.95 bits per heavy atom. The topological polar surface area (TPSA) is 122 Å². The lowest BCUT2D eigenvalue weighted by Gasteiger charge is -2.15. The van der Waals surface area contributed by atoms with Crippen molar-refractivity contribution < 1.29 is 19.5 Å². The van der Waals surface area contributed by atoms with E-state index in [4.69, 9.17) is 34.0 Å². The van der Waals surface area contributed by atoms with Gasteiger partial charge in [-0.15, -0.1) is 0 Å². The highest BCUT2D eigenvalue weighted by molar-refractivity contribution is 6.37. The summed E-state index contributed by atoms with van der Waals surface area (Å²) in [5.74, 6) is -1.86. The number of amides is 3. The van der Waals surface area contributed by atoms with Crippen molar-refractivity contribution in [3.63, 3.8) is 0 Å². The minimum Gasteiger partial charge on any atom is -0.478 e. The predicted molar refractivity (Wildman–Crippen MR) is 78.8 cm³/mol. The van der Waals surface area contributed by atoms with Crippen LogP contribution in [0.4, 0.5) is 10.5 Å². The van der Waals surface area contributed by atoms with E-state index in [9.17, 15) is 14.4 Å². The number of hydrogen-bond acceptors (Lipinski definition) is 3. The molecule has 1 aromatic rings. The molecule has 1 rings (SSSR count). The van der Waals surface area contributed by atoms with E-state index in [1.807, 2.05) is 0 Å². The van der Waals surface area contributed by atoms with Crippen LogP contribution in [0.2, 0.25) is 10.0 Å². The van der Waals surface area contributed by atoms with E-state index in [-0.39, 0.29) is 27.7 Å². The molecular formula is C12H13Cl2N3O4. The second-order valence-corrected chi connectivity index (χ2v) is 5.13. The molecule has 0 radical (unpaired) electrons. The van der Waals surface area contributed by atoms with Crippen LogP contribution in [0.5, 0.6) is 0 Å². The molecular weight excluding hydrogens is 321 g/mol. The molecule has 0 fully saturated rings. The Morgan fingerprint density at radius 3 is 2.48 bits per heavy atom. The average molecular weight is 334 g/mol. The van der Waals surface area contributed by atoms with Crippen LogP contribution < -0.4 is 16.4 Å². The Hall–Kier alpha value is -1.99. The van der Waals surface area contributed by atoms with E-state index in [0.29, 0.717) is 0 Å². The quantitative estimate of drug-likeness (QED) is 0.658. The average Bonchev–Trinajstić information content (AvgIpc) is 2.30. The number of benzene rings is 1. The van der Waals surface area contributed by atoms with Crippen LogP contribution in [0.15, 0.2) is 12.1 Å². The van der Waals surface area contributed by atoms with Gasteiger partial charge in [0.2, 0.25) is 5.91 Å². The molecule has 21 heavy (non-hydrogen) atoms. The summed E-state index contributed by atoms with van der Waals surface area (Å²) < 4.78 is 0. The van der Waals surface area contributed by atoms with E-state index in [1.54, 1.807) is 6.92 Å². The molecule has 9 heteroatoms. The Bertz CT molecular complexity index is 592. The molecule has 0 aromatic heterocycles. The standard InChI is InChI=1S/C12H13Cl2N3O4/c1-5(2-9(15)18)16-12(21)17-10-7(11(19)20)3-6(13)4-8(10)14/h3-5H,2H2,1H3,(H2,15,18)(H,19,20)(H2,16,17,21). The van der Waals surface area contributed by atoms with Crippen molar-refractivity contribution >= 4 is 46.8 Å². The van der Waals surface area contributed by atoms with Gasteiger partial charge in [-0.25, -0.2) is 9.59 Å². The molecule has 0 bridgehead atoms. The fourth-order valence-electron chi connectivity index (χ4n) is 1.60. The van der Waals surface area contributed by atoms with Crippen LogP contribution in [-0.4, -0.2) is 29.1 Å². The number of nitrogens with one attached hydrogen (secondary N) is 2. The summed E-state index contributed by atoms with van der Waals surface area (Å²) in [6.07, 6.45) is -0.0481. The third kappa shape index (κ3) is 5.13. The van der Waals surface area contributed by atoms with Gasteiger partial charge in [-0.05, 0) is 19.1 Å². The summed E-state index contributed by atoms with van der Waals surface area (Å²) >= 11 is 11.6. The van der Waals surface area contributed by atoms with Gasteiger partial charge in [-0.1, -0.05) is 23.2 Å². The zero-order chi connectivity index (χ0) is 16.2. The fourth-order valence-corrected chi connectivity index (χ4v) is 2.14. The lowest BCUT2D eigenvalue weighted by Crippen LogP contribution is -2.38. The maximum absolute atomic E-state index is 11.8. The van der Waals surface area contributed by atoms with Gasteiger partial charge in [-0.3, -0.25) is 4.79 Å². The number of aromatic carboxylic acids is 1. The van der Waals surface area contributed by atoms with Gasteiger partial charge >= 0.3 is 12.0 Å². The number of carboxylic acid groups (broad SMARTS) is 1. The summed E-state index contributed by atoms with van der Waals surface area (Å²) in [4.78, 5) is 33.6. The maximum Gasteiger partial charge on any atom is 0.337 e.